The molecule has 0 aliphatic rings. The molecule has 0 amide bonds. The Morgan fingerprint density at radius 2 is 0.508 bits per heavy atom. The summed E-state index contributed by atoms with van der Waals surface area (Å²) in [7, 11) is 0. The Morgan fingerprint density at radius 3 is 0.785 bits per heavy atom. The van der Waals surface area contributed by atoms with Crippen LogP contribution in [0.15, 0.2) is 36.5 Å². The van der Waals surface area contributed by atoms with E-state index >= 15 is 0 Å². The summed E-state index contributed by atoms with van der Waals surface area (Å²) in [6.07, 6.45) is 64.2. The number of ether oxygens (including phenoxy) is 3. The predicted octanol–water partition coefficient (Wildman–Crippen LogP) is 18.9. The summed E-state index contributed by atoms with van der Waals surface area (Å²) in [4.78, 5) is 38.1. The lowest BCUT2D eigenvalue weighted by molar-refractivity contribution is -0.167. The van der Waals surface area contributed by atoms with E-state index in [1.807, 2.05) is 0 Å². The van der Waals surface area contributed by atoms with Crippen LogP contribution >= 0.6 is 0 Å². The van der Waals surface area contributed by atoms with Gasteiger partial charge < -0.3 is 14.2 Å². The molecule has 380 valence electrons. The largest absolute Gasteiger partial charge is 0.462 e. The first kappa shape index (κ1) is 62.6. The SMILES string of the molecule is CCCCCC/C=C\CCCCCCCC(=O)O[C@@H](COC(=O)CCCCCCC/C=C\CCCCCCCC)COC(=O)CCCCCCCCCCC/C=C\CCCCCCCC. The van der Waals surface area contributed by atoms with Crippen molar-refractivity contribution in [1.29, 1.82) is 0 Å². The number of hydrogen-bond acceptors (Lipinski definition) is 6. The van der Waals surface area contributed by atoms with E-state index in [0.29, 0.717) is 19.3 Å². The van der Waals surface area contributed by atoms with Crippen molar-refractivity contribution in [3.63, 3.8) is 0 Å². The average molecular weight is 914 g/mol. The lowest BCUT2D eigenvalue weighted by Crippen LogP contribution is -2.30. The molecule has 0 bridgehead atoms. The fourth-order valence-electron chi connectivity index (χ4n) is 8.25. The summed E-state index contributed by atoms with van der Waals surface area (Å²) in [5.41, 5.74) is 0. The van der Waals surface area contributed by atoms with Crippen molar-refractivity contribution >= 4 is 17.9 Å². The summed E-state index contributed by atoms with van der Waals surface area (Å²) < 4.78 is 16.8. The van der Waals surface area contributed by atoms with Gasteiger partial charge in [-0.15, -0.1) is 0 Å². The van der Waals surface area contributed by atoms with E-state index in [-0.39, 0.29) is 31.1 Å². The normalized spacial score (nSPS) is 12.2. The van der Waals surface area contributed by atoms with Crippen LogP contribution in [0.25, 0.3) is 0 Å². The Labute approximate surface area is 404 Å². The van der Waals surface area contributed by atoms with Gasteiger partial charge in [-0.3, -0.25) is 14.4 Å². The molecule has 65 heavy (non-hydrogen) atoms. The van der Waals surface area contributed by atoms with Gasteiger partial charge >= 0.3 is 17.9 Å². The van der Waals surface area contributed by atoms with Crippen LogP contribution in [-0.4, -0.2) is 37.2 Å². The van der Waals surface area contributed by atoms with Gasteiger partial charge in [-0.05, 0) is 96.3 Å². The van der Waals surface area contributed by atoms with E-state index in [9.17, 15) is 14.4 Å². The number of carbonyl (C=O) groups is 3. The average Bonchev–Trinajstić information content (AvgIpc) is 3.30. The maximum atomic E-state index is 12.8. The summed E-state index contributed by atoms with van der Waals surface area (Å²) in [5, 5.41) is 0. The molecule has 0 fully saturated rings. The van der Waals surface area contributed by atoms with Crippen LogP contribution in [0.2, 0.25) is 0 Å². The van der Waals surface area contributed by atoms with E-state index in [4.69, 9.17) is 14.2 Å². The summed E-state index contributed by atoms with van der Waals surface area (Å²) in [6, 6.07) is 0. The second kappa shape index (κ2) is 54.2. The third-order valence-electron chi connectivity index (χ3n) is 12.6. The van der Waals surface area contributed by atoms with Gasteiger partial charge in [-0.25, -0.2) is 0 Å². The van der Waals surface area contributed by atoms with Gasteiger partial charge in [0, 0.05) is 19.3 Å². The van der Waals surface area contributed by atoms with Crippen molar-refractivity contribution in [2.75, 3.05) is 13.2 Å². The van der Waals surface area contributed by atoms with Crippen molar-refractivity contribution in [2.24, 2.45) is 0 Å². The van der Waals surface area contributed by atoms with Crippen molar-refractivity contribution in [3.8, 4) is 0 Å². The summed E-state index contributed by atoms with van der Waals surface area (Å²) in [5.74, 6) is -0.883. The van der Waals surface area contributed by atoms with Gasteiger partial charge in [-0.1, -0.05) is 224 Å². The van der Waals surface area contributed by atoms with Gasteiger partial charge in [0.2, 0.25) is 0 Å². The molecular weight excluding hydrogens is 805 g/mol. The second-order valence-electron chi connectivity index (χ2n) is 19.2. The fraction of sp³-hybridized carbons (Fsp3) is 0.847. The molecule has 0 N–H and O–H groups in total. The smallest absolute Gasteiger partial charge is 0.306 e. The zero-order valence-corrected chi connectivity index (χ0v) is 43.5. The van der Waals surface area contributed by atoms with Gasteiger partial charge in [0.05, 0.1) is 0 Å². The minimum Gasteiger partial charge on any atom is -0.462 e. The van der Waals surface area contributed by atoms with Crippen molar-refractivity contribution in [3.05, 3.63) is 36.5 Å². The number of hydrogen-bond donors (Lipinski definition) is 0. The van der Waals surface area contributed by atoms with Crippen LogP contribution in [0, 0.1) is 0 Å². The number of esters is 3. The number of rotatable bonds is 52. The minimum absolute atomic E-state index is 0.0771. The van der Waals surface area contributed by atoms with Crippen LogP contribution in [0.3, 0.4) is 0 Å². The number of carbonyl (C=O) groups excluding carboxylic acids is 3. The molecule has 0 radical (unpaired) electrons. The fourth-order valence-corrected chi connectivity index (χ4v) is 8.25. The lowest BCUT2D eigenvalue weighted by atomic mass is 10.1. The van der Waals surface area contributed by atoms with E-state index < -0.39 is 6.10 Å². The molecule has 0 saturated heterocycles. The maximum Gasteiger partial charge on any atom is 0.306 e. The lowest BCUT2D eigenvalue weighted by Gasteiger charge is -2.18. The van der Waals surface area contributed by atoms with Crippen LogP contribution < -0.4 is 0 Å². The maximum absolute atomic E-state index is 12.8. The van der Waals surface area contributed by atoms with Crippen LogP contribution in [0.1, 0.15) is 303 Å². The predicted molar refractivity (Wildman–Crippen MR) is 279 cm³/mol. The van der Waals surface area contributed by atoms with E-state index in [0.717, 1.165) is 77.0 Å². The molecule has 0 aromatic carbocycles. The number of unbranched alkanes of at least 4 members (excludes halogenated alkanes) is 35. The third kappa shape index (κ3) is 52.5. The third-order valence-corrected chi connectivity index (χ3v) is 12.6. The first-order chi connectivity index (χ1) is 32.0. The second-order valence-corrected chi connectivity index (χ2v) is 19.2. The highest BCUT2D eigenvalue weighted by Crippen LogP contribution is 2.15. The molecule has 0 rings (SSSR count). The van der Waals surface area contributed by atoms with Crippen molar-refractivity contribution in [2.45, 2.75) is 309 Å². The van der Waals surface area contributed by atoms with Crippen LogP contribution in [-0.2, 0) is 28.6 Å². The zero-order chi connectivity index (χ0) is 47.2. The first-order valence-corrected chi connectivity index (χ1v) is 28.5. The standard InChI is InChI=1S/C59H108O6/c1-4-7-10-13-16-19-22-25-27-28-29-30-32-35-37-40-43-46-49-52-58(61)64-55-56(65-59(62)53-50-47-44-41-38-33-24-21-18-15-12-9-6-3)54-63-57(60)51-48-45-42-39-36-34-31-26-23-20-17-14-11-8-5-2/h21,24-27,31,56H,4-20,22-23,28-30,32-55H2,1-3H3/b24-21-,27-25-,31-26-/t56-/m0/s1. The zero-order valence-electron chi connectivity index (χ0n) is 43.5. The molecule has 0 unspecified atom stereocenters. The highest BCUT2D eigenvalue weighted by molar-refractivity contribution is 5.71. The molecule has 1 atom stereocenters. The van der Waals surface area contributed by atoms with Crippen molar-refractivity contribution < 1.29 is 28.6 Å². The highest BCUT2D eigenvalue weighted by atomic mass is 16.6. The Morgan fingerprint density at radius 1 is 0.292 bits per heavy atom. The van der Waals surface area contributed by atoms with Crippen LogP contribution in [0.5, 0.6) is 0 Å². The van der Waals surface area contributed by atoms with Gasteiger partial charge in [0.1, 0.15) is 13.2 Å². The first-order valence-electron chi connectivity index (χ1n) is 28.5. The molecule has 0 aromatic rings. The molecule has 0 aliphatic heterocycles. The van der Waals surface area contributed by atoms with E-state index in [1.54, 1.807) is 0 Å². The van der Waals surface area contributed by atoms with Gasteiger partial charge in [0.25, 0.3) is 0 Å². The quantitative estimate of drug-likeness (QED) is 0.0262. The van der Waals surface area contributed by atoms with Crippen LogP contribution in [0.4, 0.5) is 0 Å². The van der Waals surface area contributed by atoms with E-state index in [2.05, 4.69) is 57.2 Å². The molecule has 0 aliphatic carbocycles. The Balaban J connectivity index is 4.33. The molecule has 0 heterocycles. The molecule has 6 nitrogen and oxygen atoms in total. The van der Waals surface area contributed by atoms with E-state index in [1.165, 1.54) is 186 Å². The Hall–Kier alpha value is -2.37. The van der Waals surface area contributed by atoms with Gasteiger partial charge in [-0.2, -0.15) is 0 Å². The molecule has 0 saturated carbocycles. The molecule has 0 spiro atoms. The highest BCUT2D eigenvalue weighted by Gasteiger charge is 2.19. The Bertz CT molecular complexity index is 1090. The monoisotopic (exact) mass is 913 g/mol. The summed E-state index contributed by atoms with van der Waals surface area (Å²) in [6.45, 7) is 6.63. The topological polar surface area (TPSA) is 78.9 Å². The molecule has 0 aromatic heterocycles. The van der Waals surface area contributed by atoms with Gasteiger partial charge in [0.15, 0.2) is 6.10 Å². The summed E-state index contributed by atoms with van der Waals surface area (Å²) >= 11 is 0. The Kier molecular flexibility index (Phi) is 52.3. The minimum atomic E-state index is -0.778. The number of allylic oxidation sites excluding steroid dienone is 6. The van der Waals surface area contributed by atoms with Crippen molar-refractivity contribution in [1.82, 2.24) is 0 Å². The molecule has 6 heteroatoms. The molecular formula is C59H108O6.